The largest absolute Gasteiger partial charge is 0.393 e. The number of aliphatic hydroxyl groups is 1. The van der Waals surface area contributed by atoms with E-state index in [-0.39, 0.29) is 17.9 Å². The molecule has 2 atom stereocenters. The third-order valence-electron chi connectivity index (χ3n) is 4.19. The van der Waals surface area contributed by atoms with Gasteiger partial charge in [0.1, 0.15) is 0 Å². The average Bonchev–Trinajstić information content (AvgIpc) is 3.18. The Kier molecular flexibility index (Phi) is 3.80. The number of benzene rings is 1. The Balaban J connectivity index is 1.78. The summed E-state index contributed by atoms with van der Waals surface area (Å²) in [6.45, 7) is 3.16. The molecule has 0 saturated carbocycles. The monoisotopic (exact) mass is 284 g/mol. The molecule has 0 spiro atoms. The molecule has 21 heavy (non-hydrogen) atoms. The van der Waals surface area contributed by atoms with Crippen LogP contribution >= 0.6 is 0 Å². The van der Waals surface area contributed by atoms with Crippen LogP contribution in [-0.4, -0.2) is 39.7 Å². The highest BCUT2D eigenvalue weighted by atomic mass is 16.3. The van der Waals surface area contributed by atoms with Crippen molar-refractivity contribution in [2.45, 2.75) is 19.4 Å². The summed E-state index contributed by atoms with van der Waals surface area (Å²) in [5.41, 5.74) is 1.68. The first-order valence-corrected chi connectivity index (χ1v) is 7.36. The van der Waals surface area contributed by atoms with Gasteiger partial charge in [-0.1, -0.05) is 6.07 Å². The Morgan fingerprint density at radius 3 is 2.71 bits per heavy atom. The highest BCUT2D eigenvalue weighted by molar-refractivity contribution is 5.95. The summed E-state index contributed by atoms with van der Waals surface area (Å²) in [4.78, 5) is 14.4. The van der Waals surface area contributed by atoms with Crippen molar-refractivity contribution in [3.63, 3.8) is 0 Å². The van der Waals surface area contributed by atoms with Crippen molar-refractivity contribution >= 4 is 5.91 Å². The predicted octanol–water partition coefficient (Wildman–Crippen LogP) is 2.32. The molecular weight excluding hydrogens is 264 g/mol. The van der Waals surface area contributed by atoms with Gasteiger partial charge >= 0.3 is 0 Å². The molecule has 1 fully saturated rings. The van der Waals surface area contributed by atoms with Crippen molar-refractivity contribution in [2.75, 3.05) is 13.1 Å². The molecule has 0 bridgehead atoms. The number of aromatic nitrogens is 1. The topological polar surface area (TPSA) is 45.5 Å². The fourth-order valence-electron chi connectivity index (χ4n) is 2.85. The molecule has 0 aliphatic carbocycles. The van der Waals surface area contributed by atoms with E-state index in [0.29, 0.717) is 12.1 Å². The van der Waals surface area contributed by atoms with Crippen LogP contribution in [-0.2, 0) is 0 Å². The number of carbonyl (C=O) groups excluding carboxylic acids is 1. The molecule has 2 aromatic rings. The Bertz CT molecular complexity index is 619. The van der Waals surface area contributed by atoms with Gasteiger partial charge in [-0.2, -0.15) is 0 Å². The molecule has 1 aliphatic heterocycles. The van der Waals surface area contributed by atoms with Gasteiger partial charge in [0.05, 0.1) is 6.10 Å². The van der Waals surface area contributed by atoms with Gasteiger partial charge in [-0.3, -0.25) is 4.79 Å². The molecule has 0 radical (unpaired) electrons. The molecule has 1 amide bonds. The van der Waals surface area contributed by atoms with E-state index in [1.807, 2.05) is 58.3 Å². The van der Waals surface area contributed by atoms with Crippen molar-refractivity contribution in [3.05, 3.63) is 54.4 Å². The van der Waals surface area contributed by atoms with Crippen LogP contribution in [0.2, 0.25) is 0 Å². The van der Waals surface area contributed by atoms with Crippen LogP contribution < -0.4 is 0 Å². The summed E-state index contributed by atoms with van der Waals surface area (Å²) < 4.78 is 1.99. The van der Waals surface area contributed by atoms with Crippen LogP contribution in [0.1, 0.15) is 23.7 Å². The number of hydrogen-bond donors (Lipinski definition) is 1. The van der Waals surface area contributed by atoms with Crippen LogP contribution in [0.4, 0.5) is 0 Å². The predicted molar refractivity (Wildman–Crippen MR) is 81.5 cm³/mol. The highest BCUT2D eigenvalue weighted by Gasteiger charge is 2.29. The van der Waals surface area contributed by atoms with E-state index >= 15 is 0 Å². The van der Waals surface area contributed by atoms with Gasteiger partial charge in [0.25, 0.3) is 5.91 Å². The Morgan fingerprint density at radius 2 is 2.05 bits per heavy atom. The molecule has 3 rings (SSSR count). The quantitative estimate of drug-likeness (QED) is 0.940. The second-order valence-corrected chi connectivity index (χ2v) is 5.68. The zero-order valence-electron chi connectivity index (χ0n) is 12.1. The fraction of sp³-hybridized carbons (Fsp3) is 0.353. The Labute approximate surface area is 124 Å². The normalized spacial score (nSPS) is 19.7. The van der Waals surface area contributed by atoms with Crippen LogP contribution in [0.15, 0.2) is 48.8 Å². The van der Waals surface area contributed by atoms with Gasteiger partial charge in [0, 0.05) is 42.7 Å². The summed E-state index contributed by atoms with van der Waals surface area (Å²) >= 11 is 0. The molecular formula is C17H20N2O2. The number of aliphatic hydroxyl groups excluding tert-OH is 1. The lowest BCUT2D eigenvalue weighted by Gasteiger charge is -2.18. The summed E-state index contributed by atoms with van der Waals surface area (Å²) in [7, 11) is 0. The van der Waals surface area contributed by atoms with Crippen LogP contribution in [0.25, 0.3) is 5.69 Å². The fourth-order valence-corrected chi connectivity index (χ4v) is 2.85. The van der Waals surface area contributed by atoms with Crippen LogP contribution in [0, 0.1) is 5.92 Å². The molecule has 1 N–H and O–H groups in total. The lowest BCUT2D eigenvalue weighted by molar-refractivity contribution is 0.0762. The molecule has 1 aromatic heterocycles. The summed E-state index contributed by atoms with van der Waals surface area (Å²) in [5, 5.41) is 9.65. The van der Waals surface area contributed by atoms with E-state index in [4.69, 9.17) is 0 Å². The van der Waals surface area contributed by atoms with E-state index in [2.05, 4.69) is 0 Å². The van der Waals surface area contributed by atoms with Crippen molar-refractivity contribution in [1.29, 1.82) is 0 Å². The molecule has 2 heterocycles. The van der Waals surface area contributed by atoms with E-state index in [1.54, 1.807) is 6.92 Å². The second-order valence-electron chi connectivity index (χ2n) is 5.68. The smallest absolute Gasteiger partial charge is 0.253 e. The molecule has 110 valence electrons. The minimum absolute atomic E-state index is 0.0483. The van der Waals surface area contributed by atoms with Crippen molar-refractivity contribution in [2.24, 2.45) is 5.92 Å². The third kappa shape index (κ3) is 2.85. The third-order valence-corrected chi connectivity index (χ3v) is 4.19. The van der Waals surface area contributed by atoms with Gasteiger partial charge in [-0.15, -0.1) is 0 Å². The van der Waals surface area contributed by atoms with E-state index in [0.717, 1.165) is 18.7 Å². The van der Waals surface area contributed by atoms with E-state index in [1.165, 1.54) is 0 Å². The minimum Gasteiger partial charge on any atom is -0.393 e. The van der Waals surface area contributed by atoms with Crippen molar-refractivity contribution in [1.82, 2.24) is 9.47 Å². The van der Waals surface area contributed by atoms with Gasteiger partial charge in [0.2, 0.25) is 0 Å². The zero-order valence-corrected chi connectivity index (χ0v) is 12.1. The first-order chi connectivity index (χ1) is 10.1. The molecule has 1 aromatic carbocycles. The van der Waals surface area contributed by atoms with Gasteiger partial charge in [-0.25, -0.2) is 0 Å². The summed E-state index contributed by atoms with van der Waals surface area (Å²) in [6, 6.07) is 11.6. The van der Waals surface area contributed by atoms with Crippen molar-refractivity contribution in [3.8, 4) is 5.69 Å². The lowest BCUT2D eigenvalue weighted by Crippen LogP contribution is -2.30. The number of nitrogens with zero attached hydrogens (tertiary/aromatic N) is 2. The Hall–Kier alpha value is -2.07. The maximum Gasteiger partial charge on any atom is 0.253 e. The number of amides is 1. The molecule has 1 saturated heterocycles. The number of carbonyl (C=O) groups is 1. The second kappa shape index (κ2) is 5.74. The highest BCUT2D eigenvalue weighted by Crippen LogP contribution is 2.22. The number of rotatable bonds is 3. The average molecular weight is 284 g/mol. The van der Waals surface area contributed by atoms with Gasteiger partial charge in [-0.05, 0) is 43.7 Å². The molecule has 2 unspecified atom stereocenters. The Morgan fingerprint density at radius 1 is 1.29 bits per heavy atom. The molecule has 4 nitrogen and oxygen atoms in total. The number of hydrogen-bond acceptors (Lipinski definition) is 2. The van der Waals surface area contributed by atoms with Crippen molar-refractivity contribution < 1.29 is 9.90 Å². The van der Waals surface area contributed by atoms with Gasteiger partial charge in [0.15, 0.2) is 0 Å². The first-order valence-electron chi connectivity index (χ1n) is 7.36. The first kappa shape index (κ1) is 13.9. The molecule has 1 aliphatic rings. The summed E-state index contributed by atoms with van der Waals surface area (Å²) in [6.07, 6.45) is 4.45. The van der Waals surface area contributed by atoms with Crippen LogP contribution in [0.3, 0.4) is 0 Å². The number of likely N-dealkylation sites (tertiary alicyclic amines) is 1. The lowest BCUT2D eigenvalue weighted by atomic mass is 10.0. The molecule has 4 heteroatoms. The minimum atomic E-state index is -0.353. The summed E-state index contributed by atoms with van der Waals surface area (Å²) in [5.74, 6) is 0.244. The van der Waals surface area contributed by atoms with Gasteiger partial charge < -0.3 is 14.6 Å². The SMILES string of the molecule is CC(O)C1CCN(C(=O)c2cccc(-n3cccc3)c2)C1. The van der Waals surface area contributed by atoms with E-state index in [9.17, 15) is 9.90 Å². The zero-order chi connectivity index (χ0) is 14.8. The van der Waals surface area contributed by atoms with Crippen LogP contribution in [0.5, 0.6) is 0 Å². The standard InChI is InChI=1S/C17H20N2O2/c1-13(20)15-7-10-19(12-15)17(21)14-5-4-6-16(11-14)18-8-2-3-9-18/h2-6,8-9,11,13,15,20H,7,10,12H2,1H3. The maximum atomic E-state index is 12.6. The maximum absolute atomic E-state index is 12.6. The van der Waals surface area contributed by atoms with E-state index < -0.39 is 0 Å².